The maximum atomic E-state index is 14.5. The van der Waals surface area contributed by atoms with E-state index in [-0.39, 0.29) is 5.91 Å². The zero-order valence-corrected chi connectivity index (χ0v) is 35.2. The second-order valence-electron chi connectivity index (χ2n) is 15.3. The highest BCUT2D eigenvalue weighted by atomic mass is 16.3. The topological polar surface area (TPSA) is 39.7 Å². The Bertz CT molecular complexity index is 1710. The Morgan fingerprint density at radius 3 is 1.76 bits per heavy atom. The Morgan fingerprint density at radius 2 is 1.19 bits per heavy atom. The van der Waals surface area contributed by atoms with Crippen LogP contribution in [0.3, 0.4) is 0 Å². The van der Waals surface area contributed by atoms with Crippen LogP contribution in [0.4, 0.5) is 5.69 Å². The zero-order valence-electron chi connectivity index (χ0n) is 35.2. The molecule has 0 saturated carbocycles. The van der Waals surface area contributed by atoms with E-state index in [1.54, 1.807) is 0 Å². The average molecular weight is 737 g/mol. The van der Waals surface area contributed by atoms with Crippen molar-refractivity contribution in [2.75, 3.05) is 44.2 Å². The second-order valence-corrected chi connectivity index (χ2v) is 15.3. The van der Waals surface area contributed by atoms with Crippen molar-refractivity contribution in [3.63, 3.8) is 0 Å². The van der Waals surface area contributed by atoms with Gasteiger partial charge in [0.1, 0.15) is 24.4 Å². The van der Waals surface area contributed by atoms with E-state index < -0.39 is 0 Å². The van der Waals surface area contributed by atoms with Crippen LogP contribution in [0.25, 0.3) is 33.4 Å². The van der Waals surface area contributed by atoms with E-state index in [1.807, 2.05) is 12.1 Å². The first-order valence-electron chi connectivity index (χ1n) is 22.2. The quantitative estimate of drug-likeness (QED) is 0.0366. The van der Waals surface area contributed by atoms with Gasteiger partial charge in [0.25, 0.3) is 5.91 Å². The SMILES string of the molecule is CCCCCCCCCCCCCCCCCCN(CCC)C(=O)c1ccccc1-c1c2ccc(=[N+](CC)CC)cc-2oc2cc(N(CC)CC)ccc12. The number of unbranched alkanes of at least 4 members (excludes halogenated alkanes) is 15. The van der Waals surface area contributed by atoms with Crippen molar-refractivity contribution in [1.82, 2.24) is 9.48 Å². The van der Waals surface area contributed by atoms with E-state index in [1.165, 1.54) is 96.3 Å². The van der Waals surface area contributed by atoms with Crippen molar-refractivity contribution >= 4 is 22.6 Å². The van der Waals surface area contributed by atoms with Crippen LogP contribution >= 0.6 is 0 Å². The van der Waals surface area contributed by atoms with Gasteiger partial charge >= 0.3 is 0 Å². The highest BCUT2D eigenvalue weighted by Gasteiger charge is 2.25. The van der Waals surface area contributed by atoms with Crippen molar-refractivity contribution in [2.24, 2.45) is 0 Å². The summed E-state index contributed by atoms with van der Waals surface area (Å²) in [5.41, 5.74) is 5.86. The monoisotopic (exact) mass is 737 g/mol. The van der Waals surface area contributed by atoms with Crippen LogP contribution in [-0.4, -0.2) is 50.1 Å². The van der Waals surface area contributed by atoms with Crippen LogP contribution in [0, 0.1) is 0 Å². The van der Waals surface area contributed by atoms with Gasteiger partial charge in [-0.15, -0.1) is 0 Å². The fraction of sp³-hybridized carbons (Fsp3) is 0.592. The number of fused-ring (bicyclic) bond motifs is 2. The molecule has 0 atom stereocenters. The van der Waals surface area contributed by atoms with Gasteiger partial charge in [0, 0.05) is 66.1 Å². The molecule has 1 aliphatic carbocycles. The maximum Gasteiger partial charge on any atom is 0.254 e. The van der Waals surface area contributed by atoms with E-state index in [9.17, 15) is 4.79 Å². The predicted octanol–water partition coefficient (Wildman–Crippen LogP) is 13.0. The van der Waals surface area contributed by atoms with Crippen LogP contribution in [0.2, 0.25) is 0 Å². The Balaban J connectivity index is 1.46. The number of hydrogen-bond donors (Lipinski definition) is 0. The minimum atomic E-state index is 0.134. The first-order valence-corrected chi connectivity index (χ1v) is 22.2. The van der Waals surface area contributed by atoms with Crippen LogP contribution in [0.1, 0.15) is 161 Å². The number of nitrogens with zero attached hydrogens (tertiary/aromatic N) is 3. The molecular formula is C49H74N3O2+. The standard InChI is InChI=1S/C49H74N3O2/c1-7-13-14-15-16-17-18-19-20-21-22-23-24-25-26-29-37-52(36-8-2)49(53)43-31-28-27-30-42(43)48-44-34-32-40(50(9-3)10-4)38-46(44)54-47-39-41(33-35-45(47)48)51(11-5)12-6/h27-28,30-35,38-39H,7-26,29,36-37H2,1-6H3/q+1. The molecule has 2 aromatic carbocycles. The van der Waals surface area contributed by atoms with E-state index in [0.717, 1.165) is 102 Å². The van der Waals surface area contributed by atoms with Gasteiger partial charge in [0.05, 0.1) is 6.07 Å². The number of carbonyl (C=O) groups excluding carboxylic acids is 1. The van der Waals surface area contributed by atoms with Gasteiger partial charge in [0.2, 0.25) is 5.36 Å². The van der Waals surface area contributed by atoms with Gasteiger partial charge in [-0.1, -0.05) is 128 Å². The Labute approximate surface area is 329 Å². The van der Waals surface area contributed by atoms with Crippen molar-refractivity contribution < 1.29 is 9.21 Å². The highest BCUT2D eigenvalue weighted by Crippen LogP contribution is 2.42. The third-order valence-electron chi connectivity index (χ3n) is 11.4. The molecule has 1 aliphatic heterocycles. The molecule has 5 heteroatoms. The molecule has 1 heterocycles. The summed E-state index contributed by atoms with van der Waals surface area (Å²) in [6, 6.07) is 21.4. The lowest BCUT2D eigenvalue weighted by molar-refractivity contribution is 0.0753. The zero-order chi connectivity index (χ0) is 38.5. The largest absolute Gasteiger partial charge is 0.456 e. The van der Waals surface area contributed by atoms with Crippen molar-refractivity contribution in [2.45, 2.75) is 151 Å². The molecule has 54 heavy (non-hydrogen) atoms. The van der Waals surface area contributed by atoms with Crippen molar-refractivity contribution in [3.8, 4) is 22.5 Å². The molecule has 2 aliphatic rings. The number of rotatable bonds is 26. The minimum absolute atomic E-state index is 0.134. The molecule has 5 nitrogen and oxygen atoms in total. The number of benzene rings is 3. The molecule has 2 aromatic rings. The van der Waals surface area contributed by atoms with Gasteiger partial charge in [-0.2, -0.15) is 0 Å². The minimum Gasteiger partial charge on any atom is -0.456 e. The maximum absolute atomic E-state index is 14.5. The Kier molecular flexibility index (Phi) is 19.2. The van der Waals surface area contributed by atoms with Crippen LogP contribution in [-0.2, 0) is 0 Å². The molecular weight excluding hydrogens is 663 g/mol. The fourth-order valence-electron chi connectivity index (χ4n) is 8.22. The smallest absolute Gasteiger partial charge is 0.254 e. The molecule has 0 aromatic heterocycles. The first kappa shape index (κ1) is 43.1. The normalized spacial score (nSPS) is 11.4. The molecule has 296 valence electrons. The van der Waals surface area contributed by atoms with E-state index in [2.05, 4.69) is 104 Å². The molecule has 0 saturated heterocycles. The van der Waals surface area contributed by atoms with E-state index >= 15 is 0 Å². The fourth-order valence-corrected chi connectivity index (χ4v) is 8.22. The van der Waals surface area contributed by atoms with Crippen LogP contribution in [0.15, 0.2) is 65.1 Å². The van der Waals surface area contributed by atoms with Crippen LogP contribution in [0.5, 0.6) is 0 Å². The van der Waals surface area contributed by atoms with Gasteiger partial charge in [-0.05, 0) is 70.4 Å². The third kappa shape index (κ3) is 12.2. The number of hydrogen-bond acceptors (Lipinski definition) is 3. The highest BCUT2D eigenvalue weighted by molar-refractivity contribution is 6.09. The molecule has 1 amide bonds. The lowest BCUT2D eigenvalue weighted by atomic mass is 9.90. The number of carbonyl (C=O) groups is 1. The van der Waals surface area contributed by atoms with Crippen molar-refractivity contribution in [3.05, 3.63) is 71.6 Å². The summed E-state index contributed by atoms with van der Waals surface area (Å²) in [6.45, 7) is 18.5. The molecule has 0 N–H and O–H groups in total. The molecule has 0 spiro atoms. The third-order valence-corrected chi connectivity index (χ3v) is 11.4. The van der Waals surface area contributed by atoms with Gasteiger partial charge in [-0.3, -0.25) is 4.79 Å². The molecule has 0 bridgehead atoms. The van der Waals surface area contributed by atoms with E-state index in [0.29, 0.717) is 0 Å². The average Bonchev–Trinajstić information content (AvgIpc) is 3.20. The summed E-state index contributed by atoms with van der Waals surface area (Å²) in [6.07, 6.45) is 22.6. The molecule has 0 unspecified atom stereocenters. The second kappa shape index (κ2) is 24.0. The molecule has 0 fully saturated rings. The number of anilines is 1. The predicted molar refractivity (Wildman–Crippen MR) is 234 cm³/mol. The summed E-state index contributed by atoms with van der Waals surface area (Å²) in [4.78, 5) is 19.0. The lowest BCUT2D eigenvalue weighted by Gasteiger charge is -2.25. The Hall–Kier alpha value is -3.60. The lowest BCUT2D eigenvalue weighted by Crippen LogP contribution is -2.33. The Morgan fingerprint density at radius 1 is 0.593 bits per heavy atom. The summed E-state index contributed by atoms with van der Waals surface area (Å²) >= 11 is 0. The van der Waals surface area contributed by atoms with Gasteiger partial charge in [-0.25, -0.2) is 4.58 Å². The number of amides is 1. The first-order chi connectivity index (χ1) is 26.5. The van der Waals surface area contributed by atoms with Gasteiger partial charge in [0.15, 0.2) is 0 Å². The van der Waals surface area contributed by atoms with Crippen LogP contribution < -0.4 is 14.8 Å². The molecule has 0 radical (unpaired) electrons. The molecule has 4 rings (SSSR count). The van der Waals surface area contributed by atoms with E-state index in [4.69, 9.17) is 4.42 Å². The summed E-state index contributed by atoms with van der Waals surface area (Å²) in [5.74, 6) is 0.981. The summed E-state index contributed by atoms with van der Waals surface area (Å²) < 4.78 is 9.10. The summed E-state index contributed by atoms with van der Waals surface area (Å²) in [7, 11) is 0. The summed E-state index contributed by atoms with van der Waals surface area (Å²) in [5, 5.41) is 2.19. The van der Waals surface area contributed by atoms with Gasteiger partial charge < -0.3 is 14.2 Å². The van der Waals surface area contributed by atoms with Crippen molar-refractivity contribution in [1.29, 1.82) is 0 Å².